The highest BCUT2D eigenvalue weighted by atomic mass is 19.4. The second-order valence-corrected chi connectivity index (χ2v) is 14.5. The second-order valence-electron chi connectivity index (χ2n) is 14.5. The fourth-order valence-corrected chi connectivity index (χ4v) is 6.35. The van der Waals surface area contributed by atoms with Gasteiger partial charge in [-0.1, -0.05) is 91.1 Å². The first-order valence-electron chi connectivity index (χ1n) is 19.9. The Morgan fingerprint density at radius 1 is 0.233 bits per heavy atom. The quantitative estimate of drug-likeness (QED) is 0.0750. The summed E-state index contributed by atoms with van der Waals surface area (Å²) >= 11 is 0. The van der Waals surface area contributed by atoms with Gasteiger partial charge in [0, 0.05) is 17.1 Å². The fraction of sp³-hybridized carbons (Fsp3) is 0.125. The molecule has 0 bridgehead atoms. The Bertz CT molecular complexity index is 2600. The number of hydrogen-bond donors (Lipinski definition) is 0. The summed E-state index contributed by atoms with van der Waals surface area (Å²) in [5, 5.41) is 0. The Morgan fingerprint density at radius 3 is 0.616 bits per heavy atom. The Kier molecular flexibility index (Phi) is 15.8. The molecule has 0 heterocycles. The zero-order chi connectivity index (χ0) is 53.6. The van der Waals surface area contributed by atoms with E-state index in [4.69, 9.17) is 0 Å². The van der Waals surface area contributed by atoms with E-state index < -0.39 is 72.7 Å². The minimum Gasteiger partial charge on any atom is -0.402 e. The molecule has 7 nitrogen and oxygen atoms in total. The van der Waals surface area contributed by atoms with Crippen LogP contribution >= 0.6 is 0 Å². The summed E-state index contributed by atoms with van der Waals surface area (Å²) in [7, 11) is 0. The fourth-order valence-electron chi connectivity index (χ4n) is 6.35. The van der Waals surface area contributed by atoms with Crippen molar-refractivity contribution in [1.29, 1.82) is 0 Å². The van der Waals surface area contributed by atoms with Crippen LogP contribution in [0.2, 0.25) is 0 Å². The Hall–Kier alpha value is -8.12. The zero-order valence-corrected chi connectivity index (χ0v) is 35.8. The van der Waals surface area contributed by atoms with Crippen LogP contribution in [0.15, 0.2) is 127 Å². The van der Waals surface area contributed by atoms with Crippen molar-refractivity contribution in [2.24, 2.45) is 0 Å². The maximum absolute atomic E-state index is 13.0. The van der Waals surface area contributed by atoms with E-state index in [9.17, 15) is 79.0 Å². The molecule has 25 heteroatoms. The lowest BCUT2D eigenvalue weighted by molar-refractivity contribution is -0.287. The van der Waals surface area contributed by atoms with E-state index in [1.165, 1.54) is 36.5 Å². The molecule has 6 rings (SSSR count). The number of ether oxygens (including phenoxy) is 6. The van der Waals surface area contributed by atoms with Crippen LogP contribution in [-0.2, 0) is 0 Å². The SMILES string of the molecule is FC(F)(F)Oc1ccc(/C=C/c2ccc(N(c3ccc(/C=C/c4ccc(OC(F)(F)F)c(OC(F)(F)F)c4)cc3)c3ccc(/C=C/c4ccc(OC(F)(F)F)c(OC(F)(F)F)c4)cc3)cc2)cc1OC(F)(F)F. The van der Waals surface area contributed by atoms with Crippen LogP contribution in [0.1, 0.15) is 33.4 Å². The Balaban J connectivity index is 1.30. The lowest BCUT2D eigenvalue weighted by atomic mass is 10.1. The van der Waals surface area contributed by atoms with Gasteiger partial charge >= 0.3 is 38.2 Å². The molecular weight excluding hydrogens is 1030 g/mol. The van der Waals surface area contributed by atoms with E-state index in [-0.39, 0.29) is 16.7 Å². The Morgan fingerprint density at radius 2 is 0.411 bits per heavy atom. The summed E-state index contributed by atoms with van der Waals surface area (Å²) in [6.07, 6.45) is -24.0. The lowest BCUT2D eigenvalue weighted by Crippen LogP contribution is -2.21. The van der Waals surface area contributed by atoms with Crippen LogP contribution in [0, 0.1) is 0 Å². The lowest BCUT2D eigenvalue weighted by Gasteiger charge is -2.26. The molecule has 0 N–H and O–H groups in total. The molecule has 0 saturated carbocycles. The standard InChI is InChI=1S/C48H27F18NO6/c49-43(50,51)68-37-22-13-31(25-40(37)71-46(58,59)60)4-1-28-7-16-34(17-8-28)67(35-18-9-29(10-19-35)2-5-32-14-23-38(69-44(52,53)54)41(26-32)72-47(61,62)63)36-20-11-30(12-21-36)3-6-33-15-24-39(70-45(55,56)57)42(27-33)73-48(64,65)66/h1-27H/b4-1+,5-2+,6-3+. The van der Waals surface area contributed by atoms with Gasteiger partial charge in [0.25, 0.3) is 0 Å². The number of nitrogens with zero attached hydrogens (tertiary/aromatic N) is 1. The van der Waals surface area contributed by atoms with Gasteiger partial charge in [-0.2, -0.15) is 0 Å². The van der Waals surface area contributed by atoms with Crippen molar-refractivity contribution in [2.75, 3.05) is 4.90 Å². The summed E-state index contributed by atoms with van der Waals surface area (Å²) in [4.78, 5) is 1.69. The number of alkyl halides is 18. The molecule has 0 aliphatic rings. The minimum atomic E-state index is -5.37. The molecule has 0 atom stereocenters. The predicted octanol–water partition coefficient (Wildman–Crippen LogP) is 17.1. The molecule has 0 unspecified atom stereocenters. The first-order valence-corrected chi connectivity index (χ1v) is 19.9. The molecule has 0 aliphatic heterocycles. The summed E-state index contributed by atoms with van der Waals surface area (Å²) < 4.78 is 255. The Labute approximate surface area is 398 Å². The van der Waals surface area contributed by atoms with Gasteiger partial charge in [-0.15, -0.1) is 79.0 Å². The van der Waals surface area contributed by atoms with Crippen LogP contribution in [-0.4, -0.2) is 38.2 Å². The second kappa shape index (κ2) is 21.3. The third-order valence-corrected chi connectivity index (χ3v) is 9.12. The summed E-state index contributed by atoms with van der Waals surface area (Å²) in [6, 6.07) is 26.0. The topological polar surface area (TPSA) is 58.6 Å². The molecule has 6 aromatic rings. The van der Waals surface area contributed by atoms with Gasteiger partial charge in [-0.05, 0) is 106 Å². The van der Waals surface area contributed by atoms with Crippen LogP contribution < -0.4 is 33.3 Å². The maximum atomic E-state index is 13.0. The predicted molar refractivity (Wildman–Crippen MR) is 227 cm³/mol. The third kappa shape index (κ3) is 17.6. The molecule has 386 valence electrons. The average molecular weight is 1060 g/mol. The minimum absolute atomic E-state index is 0.0205. The summed E-state index contributed by atoms with van der Waals surface area (Å²) in [5.41, 5.74) is 2.60. The number of hydrogen-bond acceptors (Lipinski definition) is 7. The smallest absolute Gasteiger partial charge is 0.402 e. The molecule has 0 spiro atoms. The summed E-state index contributed by atoms with van der Waals surface area (Å²) in [5.74, 6) is -7.54. The number of benzene rings is 6. The highest BCUT2D eigenvalue weighted by Gasteiger charge is 2.39. The van der Waals surface area contributed by atoms with Crippen molar-refractivity contribution in [3.63, 3.8) is 0 Å². The number of rotatable bonds is 15. The van der Waals surface area contributed by atoms with Gasteiger partial charge in [0.15, 0.2) is 34.5 Å². The van der Waals surface area contributed by atoms with Crippen molar-refractivity contribution < 1.29 is 107 Å². The molecule has 0 amide bonds. The van der Waals surface area contributed by atoms with E-state index in [1.807, 2.05) is 0 Å². The highest BCUT2D eigenvalue weighted by molar-refractivity contribution is 5.81. The van der Waals surface area contributed by atoms with Crippen LogP contribution in [0.25, 0.3) is 36.5 Å². The normalized spacial score (nSPS) is 12.9. The first-order chi connectivity index (χ1) is 33.8. The largest absolute Gasteiger partial charge is 0.573 e. The van der Waals surface area contributed by atoms with Crippen LogP contribution in [0.5, 0.6) is 34.5 Å². The van der Waals surface area contributed by atoms with Crippen molar-refractivity contribution in [3.8, 4) is 34.5 Å². The highest BCUT2D eigenvalue weighted by Crippen LogP contribution is 2.41. The summed E-state index contributed by atoms with van der Waals surface area (Å²) in [6.45, 7) is 0. The molecule has 73 heavy (non-hydrogen) atoms. The van der Waals surface area contributed by atoms with Crippen molar-refractivity contribution >= 4 is 53.5 Å². The van der Waals surface area contributed by atoms with Crippen molar-refractivity contribution in [1.82, 2.24) is 0 Å². The molecule has 0 aliphatic carbocycles. The third-order valence-electron chi connectivity index (χ3n) is 9.12. The average Bonchev–Trinajstić information content (AvgIpc) is 3.25. The first kappa shape index (κ1) is 54.2. The number of halogens is 18. The van der Waals surface area contributed by atoms with Gasteiger partial charge in [0.1, 0.15) is 0 Å². The van der Waals surface area contributed by atoms with Crippen LogP contribution in [0.4, 0.5) is 96.1 Å². The van der Waals surface area contributed by atoms with Crippen molar-refractivity contribution in [2.45, 2.75) is 38.2 Å². The van der Waals surface area contributed by atoms with Gasteiger partial charge in [0.05, 0.1) is 0 Å². The molecule has 0 radical (unpaired) electrons. The van der Waals surface area contributed by atoms with E-state index in [1.54, 1.807) is 77.7 Å². The van der Waals surface area contributed by atoms with E-state index >= 15 is 0 Å². The molecule has 0 fully saturated rings. The van der Waals surface area contributed by atoms with E-state index in [2.05, 4.69) is 28.4 Å². The molecular formula is C48H27F18NO6. The molecule has 6 aromatic carbocycles. The zero-order valence-electron chi connectivity index (χ0n) is 35.8. The van der Waals surface area contributed by atoms with Gasteiger partial charge in [-0.25, -0.2) is 0 Å². The van der Waals surface area contributed by atoms with Gasteiger partial charge < -0.3 is 33.3 Å². The van der Waals surface area contributed by atoms with E-state index in [0.29, 0.717) is 70.2 Å². The number of anilines is 3. The van der Waals surface area contributed by atoms with Gasteiger partial charge in [-0.3, -0.25) is 0 Å². The molecule has 0 aromatic heterocycles. The van der Waals surface area contributed by atoms with Gasteiger partial charge in [0.2, 0.25) is 0 Å². The molecule has 0 saturated heterocycles. The van der Waals surface area contributed by atoms with Crippen LogP contribution in [0.3, 0.4) is 0 Å². The maximum Gasteiger partial charge on any atom is 0.573 e. The monoisotopic (exact) mass is 1060 g/mol. The van der Waals surface area contributed by atoms with E-state index in [0.717, 1.165) is 18.2 Å². The van der Waals surface area contributed by atoms with Crippen molar-refractivity contribution in [3.05, 3.63) is 161 Å².